The molecule has 28 heavy (non-hydrogen) atoms. The summed E-state index contributed by atoms with van der Waals surface area (Å²) in [4.78, 5) is 36.2. The van der Waals surface area contributed by atoms with E-state index in [0.717, 1.165) is 12.8 Å². The van der Waals surface area contributed by atoms with Gasteiger partial charge in [-0.3, -0.25) is 9.09 Å². The molecule has 6 atom stereocenters. The third-order valence-corrected chi connectivity index (χ3v) is 15.0. The summed E-state index contributed by atoms with van der Waals surface area (Å²) in [5.41, 5.74) is 0. The van der Waals surface area contributed by atoms with Crippen LogP contribution in [0.5, 0.6) is 0 Å². The Bertz CT molecular complexity index is 672. The topological polar surface area (TPSA) is 210 Å². The molecule has 1 saturated carbocycles. The van der Waals surface area contributed by atoms with Gasteiger partial charge < -0.3 is 44.0 Å². The fraction of sp³-hybridized carbons (Fsp3) is 1.00. The highest BCUT2D eigenvalue weighted by Gasteiger charge is 2.58. The highest BCUT2D eigenvalue weighted by molar-refractivity contribution is 8.60. The van der Waals surface area contributed by atoms with Crippen molar-refractivity contribution in [2.75, 3.05) is 13.7 Å². The van der Waals surface area contributed by atoms with Gasteiger partial charge in [-0.05, 0) is 25.7 Å². The molecule has 2 aliphatic rings. The molecule has 166 valence electrons. The predicted molar refractivity (Wildman–Crippen MR) is 92.5 cm³/mol. The van der Waals surface area contributed by atoms with Gasteiger partial charge in [0.15, 0.2) is 6.29 Å². The number of aliphatic hydroxyl groups excluding tert-OH is 2. The number of methoxy groups -OCH3 is 1. The minimum Gasteiger partial charge on any atom is -0.387 e. The predicted octanol–water partition coefficient (Wildman–Crippen LogP) is -0.113. The van der Waals surface area contributed by atoms with Crippen molar-refractivity contribution < 1.29 is 62.2 Å². The highest BCUT2D eigenvalue weighted by Crippen LogP contribution is 2.94. The van der Waals surface area contributed by atoms with Gasteiger partial charge in [-0.15, -0.1) is 0 Å². The molecule has 13 nitrogen and oxygen atoms in total. The fourth-order valence-corrected chi connectivity index (χ4v) is 8.39. The zero-order chi connectivity index (χ0) is 21.3. The largest absolute Gasteiger partial charge is 0.422 e. The molecule has 0 aromatic carbocycles. The summed E-state index contributed by atoms with van der Waals surface area (Å²) in [6.07, 6.45) is -3.25. The van der Waals surface area contributed by atoms with E-state index < -0.39 is 52.5 Å². The molecule has 0 spiro atoms. The van der Waals surface area contributed by atoms with E-state index in [1.165, 1.54) is 0 Å². The van der Waals surface area contributed by atoms with Gasteiger partial charge in [0.1, 0.15) is 18.3 Å². The second-order valence-corrected chi connectivity index (χ2v) is 17.2. The third-order valence-electron chi connectivity index (χ3n) is 4.68. The van der Waals surface area contributed by atoms with Crippen molar-refractivity contribution >= 4 is 21.3 Å². The van der Waals surface area contributed by atoms with Crippen LogP contribution in [0.4, 0.5) is 0 Å². The maximum absolute atomic E-state index is 11.8. The van der Waals surface area contributed by atoms with Crippen molar-refractivity contribution in [3.63, 3.8) is 0 Å². The Kier molecular flexibility index (Phi) is 8.07. The molecule has 1 aliphatic carbocycles. The first-order chi connectivity index (χ1) is 12.8. The minimum atomic E-state index is -5.91. The molecule has 0 bridgehead atoms. The number of hydrogen-bond acceptors (Lipinski definition) is 9. The van der Waals surface area contributed by atoms with E-state index in [-0.39, 0.29) is 12.2 Å². The van der Waals surface area contributed by atoms with Crippen LogP contribution in [0, 0.1) is 0 Å². The molecule has 16 heteroatoms. The van der Waals surface area contributed by atoms with Crippen molar-refractivity contribution in [1.82, 2.24) is 0 Å². The van der Waals surface area contributed by atoms with E-state index >= 15 is 0 Å². The van der Waals surface area contributed by atoms with Crippen molar-refractivity contribution in [1.29, 1.82) is 0 Å². The van der Waals surface area contributed by atoms with Crippen molar-refractivity contribution in [3.05, 3.63) is 0 Å². The average Bonchev–Trinajstić information content (AvgIpc) is 2.87. The lowest BCUT2D eigenvalue weighted by Gasteiger charge is -2.30. The van der Waals surface area contributed by atoms with Gasteiger partial charge in [-0.2, -0.15) is 0 Å². The van der Waals surface area contributed by atoms with E-state index in [2.05, 4.69) is 4.52 Å². The van der Waals surface area contributed by atoms with Crippen LogP contribution in [0.25, 0.3) is 0 Å². The van der Waals surface area contributed by atoms with Gasteiger partial charge in [0.25, 0.3) is 0 Å². The van der Waals surface area contributed by atoms with Crippen LogP contribution in [0.15, 0.2) is 0 Å². The van der Waals surface area contributed by atoms with E-state index in [4.69, 9.17) is 24.0 Å². The first-order valence-electron chi connectivity index (χ1n) is 8.36. The minimum absolute atomic E-state index is 0.114. The molecule has 0 amide bonds. The Hall–Kier alpha value is 0.290. The molecule has 0 aromatic heterocycles. The molecular weight excluding hydrogens is 445 g/mol. The van der Waals surface area contributed by atoms with Gasteiger partial charge in [0.05, 0.1) is 18.8 Å². The van der Waals surface area contributed by atoms with Crippen LogP contribution >= 0.6 is 21.3 Å². The lowest BCUT2D eigenvalue weighted by atomic mass is 9.95. The monoisotopic (exact) mass is 470 g/mol. The van der Waals surface area contributed by atoms with E-state index in [1.807, 2.05) is 0 Å². The van der Waals surface area contributed by atoms with Gasteiger partial charge >= 0.3 is 21.3 Å². The quantitative estimate of drug-likeness (QED) is 0.256. The summed E-state index contributed by atoms with van der Waals surface area (Å²) in [6.45, 7) is -6.89. The smallest absolute Gasteiger partial charge is 0.387 e. The van der Waals surface area contributed by atoms with Gasteiger partial charge in [0.2, 0.25) is 0 Å². The molecule has 1 aliphatic heterocycles. The SMILES string of the molecule is COC1CCC(O[C@@H]2O[C@H](COP(=O)(O)P(=O)(O)P(=O)(O)O)[C@@H](O)[C@H]2O)CC1. The van der Waals surface area contributed by atoms with Crippen LogP contribution in [0.3, 0.4) is 0 Å². The Morgan fingerprint density at radius 3 is 1.96 bits per heavy atom. The summed E-state index contributed by atoms with van der Waals surface area (Å²) in [6, 6.07) is 0. The molecule has 1 heterocycles. The summed E-state index contributed by atoms with van der Waals surface area (Å²) in [5, 5.41) is 20.0. The number of ether oxygens (including phenoxy) is 3. The molecule has 2 rings (SSSR count). The fourth-order valence-electron chi connectivity index (χ4n) is 2.95. The standard InChI is InChI=1S/C12H25O13P3/c1-22-7-2-4-8(5-3-7)24-12-11(14)10(13)9(25-12)6-23-27(18,19)28(20,21)26(15,16)17/h7-14H,2-6H2,1H3,(H,18,19)(H,20,21)(H2,15,16,17)/t7?,8?,9-,10-,11-,12-/m1/s1. The maximum Gasteiger partial charge on any atom is 0.422 e. The second-order valence-electron chi connectivity index (χ2n) is 6.61. The average molecular weight is 470 g/mol. The summed E-state index contributed by atoms with van der Waals surface area (Å²) in [7, 11) is -9.89. The zero-order valence-corrected chi connectivity index (χ0v) is 17.6. The Morgan fingerprint density at radius 1 is 0.929 bits per heavy atom. The maximum atomic E-state index is 11.8. The van der Waals surface area contributed by atoms with Gasteiger partial charge in [-0.1, -0.05) is 0 Å². The van der Waals surface area contributed by atoms with Gasteiger partial charge in [0, 0.05) is 7.11 Å². The van der Waals surface area contributed by atoms with Crippen LogP contribution in [0.2, 0.25) is 0 Å². The van der Waals surface area contributed by atoms with Crippen LogP contribution < -0.4 is 0 Å². The number of aliphatic hydroxyl groups is 2. The third kappa shape index (κ3) is 5.31. The molecular formula is C12H25O13P3. The summed E-state index contributed by atoms with van der Waals surface area (Å²) >= 11 is 0. The zero-order valence-electron chi connectivity index (χ0n) is 14.9. The first-order valence-corrected chi connectivity index (χ1v) is 14.6. The molecule has 1 saturated heterocycles. The first kappa shape index (κ1) is 24.6. The molecule has 2 unspecified atom stereocenters. The van der Waals surface area contributed by atoms with Crippen LogP contribution in [-0.4, -0.2) is 80.3 Å². The van der Waals surface area contributed by atoms with Crippen LogP contribution in [-0.2, 0) is 32.4 Å². The Morgan fingerprint density at radius 2 is 1.46 bits per heavy atom. The van der Waals surface area contributed by atoms with Crippen molar-refractivity contribution in [2.45, 2.75) is 62.5 Å². The number of rotatable bonds is 8. The number of hydrogen-bond donors (Lipinski definition) is 6. The normalized spacial score (nSPS) is 38.7. The van der Waals surface area contributed by atoms with Crippen LogP contribution in [0.1, 0.15) is 25.7 Å². The second kappa shape index (κ2) is 9.20. The lowest BCUT2D eigenvalue weighted by Crippen LogP contribution is -2.37. The molecule has 0 aromatic rings. The highest BCUT2D eigenvalue weighted by atomic mass is 32.5. The van der Waals surface area contributed by atoms with Crippen molar-refractivity contribution in [3.8, 4) is 0 Å². The Labute approximate surface area is 160 Å². The summed E-state index contributed by atoms with van der Waals surface area (Å²) < 4.78 is 54.7. The van der Waals surface area contributed by atoms with E-state index in [1.54, 1.807) is 7.11 Å². The lowest BCUT2D eigenvalue weighted by molar-refractivity contribution is -0.201. The van der Waals surface area contributed by atoms with Crippen molar-refractivity contribution in [2.24, 2.45) is 0 Å². The van der Waals surface area contributed by atoms with E-state index in [9.17, 15) is 33.7 Å². The molecule has 6 N–H and O–H groups in total. The van der Waals surface area contributed by atoms with E-state index in [0.29, 0.717) is 12.8 Å². The molecule has 0 radical (unpaired) electrons. The summed E-state index contributed by atoms with van der Waals surface area (Å²) in [5.74, 6) is 0. The molecule has 2 fully saturated rings. The van der Waals surface area contributed by atoms with Gasteiger partial charge in [-0.25, -0.2) is 9.13 Å². The Balaban J connectivity index is 1.93.